The molecule has 1 aromatic carbocycles. The van der Waals surface area contributed by atoms with Gasteiger partial charge < -0.3 is 9.97 Å². The minimum Gasteiger partial charge on any atom is -0.358 e. The van der Waals surface area contributed by atoms with Crippen LogP contribution in [0.1, 0.15) is 18.3 Å². The first-order valence-corrected chi connectivity index (χ1v) is 8.21. The highest BCUT2D eigenvalue weighted by molar-refractivity contribution is 7.92. The molecule has 0 unspecified atom stereocenters. The van der Waals surface area contributed by atoms with Crippen LogP contribution in [0.3, 0.4) is 0 Å². The average Bonchev–Trinajstić information content (AvgIpc) is 3.16. The summed E-state index contributed by atoms with van der Waals surface area (Å²) in [7, 11) is -3.90. The second kappa shape index (κ2) is 5.40. The van der Waals surface area contributed by atoms with Gasteiger partial charge in [0.15, 0.2) is 5.03 Å². The molecule has 9 heteroatoms. The van der Waals surface area contributed by atoms with Crippen molar-refractivity contribution in [3.8, 4) is 6.07 Å². The van der Waals surface area contributed by atoms with Crippen molar-refractivity contribution in [3.05, 3.63) is 41.7 Å². The van der Waals surface area contributed by atoms with Gasteiger partial charge >= 0.3 is 0 Å². The number of aromatic nitrogens is 3. The molecule has 2 heterocycles. The maximum Gasteiger partial charge on any atom is 0.279 e. The van der Waals surface area contributed by atoms with E-state index in [0.717, 1.165) is 6.07 Å². The molecule has 0 atom stereocenters. The summed E-state index contributed by atoms with van der Waals surface area (Å²) in [4.78, 5) is 9.38. The number of nitrogens with zero attached hydrogens (tertiary/aromatic N) is 2. The SMILES string of the molecule is CCc1ncc(S(=O)(=O)Nc2ccc(F)c3c(C#N)c[nH]c23)[nH]1. The van der Waals surface area contributed by atoms with Crippen molar-refractivity contribution in [2.75, 3.05) is 4.72 Å². The smallest absolute Gasteiger partial charge is 0.279 e. The quantitative estimate of drug-likeness (QED) is 0.679. The molecule has 0 aliphatic rings. The summed E-state index contributed by atoms with van der Waals surface area (Å²) in [5.41, 5.74) is 0.462. The highest BCUT2D eigenvalue weighted by atomic mass is 32.2. The largest absolute Gasteiger partial charge is 0.358 e. The van der Waals surface area contributed by atoms with Gasteiger partial charge in [-0.2, -0.15) is 13.7 Å². The van der Waals surface area contributed by atoms with Gasteiger partial charge in [0.1, 0.15) is 17.7 Å². The molecule has 0 aliphatic heterocycles. The maximum absolute atomic E-state index is 13.9. The van der Waals surface area contributed by atoms with E-state index in [0.29, 0.717) is 12.2 Å². The van der Waals surface area contributed by atoms with Crippen LogP contribution in [0.4, 0.5) is 10.1 Å². The zero-order valence-electron chi connectivity index (χ0n) is 12.0. The second-order valence-electron chi connectivity index (χ2n) is 4.81. The molecule has 23 heavy (non-hydrogen) atoms. The van der Waals surface area contributed by atoms with Gasteiger partial charge in [0, 0.05) is 12.6 Å². The van der Waals surface area contributed by atoms with E-state index in [2.05, 4.69) is 19.7 Å². The lowest BCUT2D eigenvalue weighted by molar-refractivity contribution is 0.598. The summed E-state index contributed by atoms with van der Waals surface area (Å²) < 4.78 is 41.0. The summed E-state index contributed by atoms with van der Waals surface area (Å²) in [6.45, 7) is 1.84. The van der Waals surface area contributed by atoms with Crippen LogP contribution < -0.4 is 4.72 Å². The topological polar surface area (TPSA) is 114 Å². The number of nitrogens with one attached hydrogen (secondary N) is 3. The fourth-order valence-corrected chi connectivity index (χ4v) is 3.25. The molecule has 2 aromatic heterocycles. The molecular formula is C14H12FN5O2S. The van der Waals surface area contributed by atoms with Gasteiger partial charge in [0.2, 0.25) is 0 Å². The summed E-state index contributed by atoms with van der Waals surface area (Å²) in [5, 5.41) is 8.96. The van der Waals surface area contributed by atoms with E-state index in [1.807, 2.05) is 13.0 Å². The van der Waals surface area contributed by atoms with Crippen LogP contribution in [-0.2, 0) is 16.4 Å². The number of anilines is 1. The number of benzene rings is 1. The molecular weight excluding hydrogens is 321 g/mol. The normalized spacial score (nSPS) is 11.5. The Kier molecular flexibility index (Phi) is 3.54. The van der Waals surface area contributed by atoms with Crippen LogP contribution in [0.5, 0.6) is 0 Å². The lowest BCUT2D eigenvalue weighted by Crippen LogP contribution is -2.14. The highest BCUT2D eigenvalue weighted by Crippen LogP contribution is 2.29. The van der Waals surface area contributed by atoms with E-state index in [1.165, 1.54) is 18.5 Å². The number of imidazole rings is 1. The first-order valence-electron chi connectivity index (χ1n) is 6.72. The predicted octanol–water partition coefficient (Wildman–Crippen LogP) is 2.26. The van der Waals surface area contributed by atoms with E-state index >= 15 is 0 Å². The Labute approximate surface area is 131 Å². The number of rotatable bonds is 4. The minimum absolute atomic E-state index is 0.0477. The Bertz CT molecular complexity index is 1030. The van der Waals surface area contributed by atoms with E-state index in [9.17, 15) is 12.8 Å². The molecule has 0 saturated heterocycles. The molecule has 3 N–H and O–H groups in total. The fraction of sp³-hybridized carbons (Fsp3) is 0.143. The van der Waals surface area contributed by atoms with Crippen LogP contribution >= 0.6 is 0 Å². The van der Waals surface area contributed by atoms with Crippen LogP contribution in [0.25, 0.3) is 10.9 Å². The fourth-order valence-electron chi connectivity index (χ4n) is 2.24. The molecule has 0 bridgehead atoms. The Morgan fingerprint density at radius 2 is 2.22 bits per heavy atom. The number of hydrogen-bond donors (Lipinski definition) is 3. The first-order chi connectivity index (χ1) is 11.0. The number of aryl methyl sites for hydroxylation is 1. The third-order valence-electron chi connectivity index (χ3n) is 3.38. The van der Waals surface area contributed by atoms with Crippen LogP contribution in [0.15, 0.2) is 29.6 Å². The molecule has 118 valence electrons. The van der Waals surface area contributed by atoms with Gasteiger partial charge in [-0.3, -0.25) is 4.72 Å². The van der Waals surface area contributed by atoms with Gasteiger partial charge in [0.25, 0.3) is 10.0 Å². The first kappa shape index (κ1) is 15.1. The Morgan fingerprint density at radius 1 is 1.43 bits per heavy atom. The number of nitriles is 1. The Balaban J connectivity index is 2.06. The number of aromatic amines is 2. The third-order valence-corrected chi connectivity index (χ3v) is 4.65. The van der Waals surface area contributed by atoms with E-state index in [-0.39, 0.29) is 27.2 Å². The summed E-state index contributed by atoms with van der Waals surface area (Å²) >= 11 is 0. The lowest BCUT2D eigenvalue weighted by Gasteiger charge is -2.08. The molecule has 7 nitrogen and oxygen atoms in total. The Hall–Kier alpha value is -2.86. The van der Waals surface area contributed by atoms with Gasteiger partial charge in [-0.25, -0.2) is 9.37 Å². The second-order valence-corrected chi connectivity index (χ2v) is 6.46. The van der Waals surface area contributed by atoms with Crippen LogP contribution in [0, 0.1) is 17.1 Å². The number of hydrogen-bond acceptors (Lipinski definition) is 4. The van der Waals surface area contributed by atoms with Gasteiger partial charge in [-0.05, 0) is 12.1 Å². The molecule has 0 fully saturated rings. The molecule has 0 radical (unpaired) electrons. The zero-order valence-corrected chi connectivity index (χ0v) is 12.8. The monoisotopic (exact) mass is 333 g/mol. The predicted molar refractivity (Wildman–Crippen MR) is 81.7 cm³/mol. The number of fused-ring (bicyclic) bond motifs is 1. The lowest BCUT2D eigenvalue weighted by atomic mass is 10.1. The molecule has 3 rings (SSSR count). The molecule has 0 saturated carbocycles. The van der Waals surface area contributed by atoms with Crippen molar-refractivity contribution < 1.29 is 12.8 Å². The van der Waals surface area contributed by atoms with E-state index in [4.69, 9.17) is 5.26 Å². The van der Waals surface area contributed by atoms with Gasteiger partial charge in [-0.1, -0.05) is 6.92 Å². The molecule has 0 amide bonds. The minimum atomic E-state index is -3.90. The average molecular weight is 333 g/mol. The van der Waals surface area contributed by atoms with Crippen molar-refractivity contribution in [2.24, 2.45) is 0 Å². The van der Waals surface area contributed by atoms with Crippen LogP contribution in [-0.4, -0.2) is 23.4 Å². The third kappa shape index (κ3) is 2.53. The maximum atomic E-state index is 13.9. The summed E-state index contributed by atoms with van der Waals surface area (Å²) in [6, 6.07) is 4.26. The standard InChI is InChI=1S/C14H12FN5O2S/c1-2-11-17-7-12(19-11)23(21,22)20-10-4-3-9(15)13-8(5-16)6-18-14(10)13/h3-4,6-7,18,20H,2H2,1H3,(H,17,19). The molecule has 0 aliphatic carbocycles. The summed E-state index contributed by atoms with van der Waals surface area (Å²) in [6.07, 6.45) is 3.12. The van der Waals surface area contributed by atoms with Gasteiger partial charge in [0.05, 0.1) is 28.4 Å². The Morgan fingerprint density at radius 3 is 2.87 bits per heavy atom. The van der Waals surface area contributed by atoms with Crippen molar-refractivity contribution >= 4 is 26.6 Å². The number of H-pyrrole nitrogens is 2. The van der Waals surface area contributed by atoms with Crippen molar-refractivity contribution in [1.29, 1.82) is 5.26 Å². The summed E-state index contributed by atoms with van der Waals surface area (Å²) in [5.74, 6) is -0.0585. The van der Waals surface area contributed by atoms with Gasteiger partial charge in [-0.15, -0.1) is 0 Å². The van der Waals surface area contributed by atoms with E-state index in [1.54, 1.807) is 0 Å². The van der Waals surface area contributed by atoms with Crippen molar-refractivity contribution in [2.45, 2.75) is 18.4 Å². The number of halogens is 1. The molecule has 3 aromatic rings. The molecule has 0 spiro atoms. The zero-order chi connectivity index (χ0) is 16.6. The van der Waals surface area contributed by atoms with Crippen molar-refractivity contribution in [1.82, 2.24) is 15.0 Å². The van der Waals surface area contributed by atoms with Crippen LogP contribution in [0.2, 0.25) is 0 Å². The highest BCUT2D eigenvalue weighted by Gasteiger charge is 2.20. The number of sulfonamides is 1. The van der Waals surface area contributed by atoms with E-state index < -0.39 is 15.8 Å². The van der Waals surface area contributed by atoms with Crippen molar-refractivity contribution in [3.63, 3.8) is 0 Å².